The highest BCUT2D eigenvalue weighted by Gasteiger charge is 2.92. The monoisotopic (exact) mass is 406 g/mol. The Morgan fingerprint density at radius 2 is 1.57 bits per heavy atom. The second-order valence-corrected chi connectivity index (χ2v) is 11.2. The van der Waals surface area contributed by atoms with Crippen LogP contribution in [-0.2, 0) is 9.59 Å². The first-order chi connectivity index (χ1) is 14.5. The van der Waals surface area contributed by atoms with E-state index in [0.717, 1.165) is 9.79 Å². The summed E-state index contributed by atoms with van der Waals surface area (Å²) < 4.78 is 17.0. The summed E-state index contributed by atoms with van der Waals surface area (Å²) in [6.07, 6.45) is -0.698. The van der Waals surface area contributed by atoms with Crippen LogP contribution >= 0.6 is 23.5 Å². The number of benzene rings is 2. The molecule has 6 fully saturated rings. The van der Waals surface area contributed by atoms with E-state index >= 15 is 0 Å². The molecule has 0 N–H and O–H groups in total. The second-order valence-electron chi connectivity index (χ2n) is 8.65. The van der Waals surface area contributed by atoms with Gasteiger partial charge in [-0.15, -0.1) is 23.5 Å². The Morgan fingerprint density at radius 3 is 2.18 bits per heavy atom. The number of rotatable bonds is 5. The zero-order chi connectivity index (χ0) is 20.4. The van der Waals surface area contributed by atoms with Crippen LogP contribution in [0.4, 0.5) is 0 Å². The van der Waals surface area contributed by atoms with Crippen LogP contribution in [0.2, 0.25) is 0 Å². The molecule has 0 radical (unpaired) electrons. The van der Waals surface area contributed by atoms with E-state index < -0.39 is 34.1 Å². The number of hydrogen-bond donors (Lipinski definition) is 0. The van der Waals surface area contributed by atoms with Gasteiger partial charge in [0, 0.05) is 30.3 Å². The van der Waals surface area contributed by atoms with Crippen molar-refractivity contribution in [3.63, 3.8) is 0 Å². The first-order valence-electron chi connectivity index (χ1n) is 11.0. The molecule has 2 aromatic carbocycles. The fraction of sp³-hybridized carbons (Fsp3) is 0.417. The molecular weight excluding hydrogens is 384 g/mol. The quantitative estimate of drug-likeness (QED) is 0.727. The van der Waals surface area contributed by atoms with Gasteiger partial charge >= 0.3 is 0 Å². The highest BCUT2D eigenvalue weighted by molar-refractivity contribution is 8.02. The Balaban J connectivity index is 1.35. The van der Waals surface area contributed by atoms with E-state index in [0.29, 0.717) is 11.8 Å². The van der Waals surface area contributed by atoms with Crippen molar-refractivity contribution in [1.29, 1.82) is 0 Å². The lowest BCUT2D eigenvalue weighted by molar-refractivity contribution is -0.121. The maximum Gasteiger partial charge on any atom is 0.153 e. The minimum Gasteiger partial charge on any atom is -0.298 e. The number of fused-ring (bicyclic) bond motifs is 2. The van der Waals surface area contributed by atoms with Gasteiger partial charge in [-0.05, 0) is 54.3 Å². The lowest BCUT2D eigenvalue weighted by atomic mass is 9.83. The fourth-order valence-electron chi connectivity index (χ4n) is 6.04. The normalized spacial score (nSPS) is 52.6. The molecule has 0 aliphatic heterocycles. The van der Waals surface area contributed by atoms with Crippen LogP contribution in [-0.4, -0.2) is 21.6 Å². The van der Waals surface area contributed by atoms with Crippen LogP contribution in [0, 0.1) is 41.4 Å². The van der Waals surface area contributed by atoms with Crippen molar-refractivity contribution in [3.05, 3.63) is 60.7 Å². The Kier molecular flexibility index (Phi) is 2.76. The van der Waals surface area contributed by atoms with Gasteiger partial charge in [-0.2, -0.15) is 0 Å². The van der Waals surface area contributed by atoms with Gasteiger partial charge in [-0.3, -0.25) is 9.59 Å². The van der Waals surface area contributed by atoms with Crippen molar-refractivity contribution in [1.82, 2.24) is 0 Å². The number of carbonyl (C=O) groups is 2. The number of carbonyl (C=O) groups excluding carboxylic acids is 2. The van der Waals surface area contributed by atoms with Gasteiger partial charge < -0.3 is 0 Å². The summed E-state index contributed by atoms with van der Waals surface area (Å²) in [5.41, 5.74) is 0. The minimum absolute atomic E-state index is 0.0174. The molecule has 8 rings (SSSR count). The van der Waals surface area contributed by atoms with Gasteiger partial charge in [-0.1, -0.05) is 36.4 Å². The SMILES string of the molecule is [2H][C@@H]1[C@H]2C(=O)[C@@H](Sc3ccccc3)[C@H]([C@@]3(Sc4ccccc4)C(=O)C4[C@@H]5C3[C@H]45)[C@@]12[2H]. The molecule has 0 saturated heterocycles. The lowest BCUT2D eigenvalue weighted by Gasteiger charge is -2.38. The Bertz CT molecular complexity index is 1080. The maximum absolute atomic E-state index is 13.7. The van der Waals surface area contributed by atoms with Crippen molar-refractivity contribution < 1.29 is 12.3 Å². The van der Waals surface area contributed by atoms with Crippen LogP contribution < -0.4 is 0 Å². The number of hydrogen-bond acceptors (Lipinski definition) is 4. The molecule has 28 heavy (non-hydrogen) atoms. The largest absolute Gasteiger partial charge is 0.298 e. The van der Waals surface area contributed by atoms with Crippen LogP contribution in [0.25, 0.3) is 0 Å². The molecule has 2 unspecified atom stereocenters. The van der Waals surface area contributed by atoms with Gasteiger partial charge in [0.2, 0.25) is 0 Å². The zero-order valence-corrected chi connectivity index (χ0v) is 16.7. The van der Waals surface area contributed by atoms with Crippen LogP contribution in [0.5, 0.6) is 0 Å². The van der Waals surface area contributed by atoms with Gasteiger partial charge in [-0.25, -0.2) is 0 Å². The van der Waals surface area contributed by atoms with E-state index in [1.54, 1.807) is 11.8 Å². The van der Waals surface area contributed by atoms with Crippen molar-refractivity contribution >= 4 is 35.1 Å². The third-order valence-electron chi connectivity index (χ3n) is 7.36. The topological polar surface area (TPSA) is 34.1 Å². The average Bonchev–Trinajstić information content (AvgIpc) is 3.66. The Morgan fingerprint density at radius 1 is 0.929 bits per heavy atom. The zero-order valence-electron chi connectivity index (χ0n) is 17.0. The minimum atomic E-state index is -1.13. The van der Waals surface area contributed by atoms with E-state index in [1.165, 1.54) is 11.8 Å². The number of Topliss-reactive ketones (excluding diaryl/α,β-unsaturated/α-hetero) is 2. The molecule has 2 aromatic rings. The number of ketones is 2. The first kappa shape index (κ1) is 14.5. The van der Waals surface area contributed by atoms with Crippen molar-refractivity contribution in [3.8, 4) is 0 Å². The summed E-state index contributed by atoms with van der Waals surface area (Å²) in [4.78, 5) is 29.1. The first-order valence-corrected chi connectivity index (χ1v) is 11.7. The molecule has 6 aliphatic carbocycles. The highest BCUT2D eigenvalue weighted by atomic mass is 32.2. The molecule has 2 bridgehead atoms. The molecule has 2 nitrogen and oxygen atoms in total. The van der Waals surface area contributed by atoms with Crippen LogP contribution in [0.15, 0.2) is 70.5 Å². The highest BCUT2D eigenvalue weighted by Crippen LogP contribution is 2.88. The molecule has 140 valence electrons. The van der Waals surface area contributed by atoms with Crippen molar-refractivity contribution in [2.75, 3.05) is 0 Å². The predicted molar refractivity (Wildman–Crippen MR) is 110 cm³/mol. The summed E-state index contributed by atoms with van der Waals surface area (Å²) in [5, 5.41) is -0.421. The van der Waals surface area contributed by atoms with E-state index in [9.17, 15) is 11.0 Å². The van der Waals surface area contributed by atoms with Crippen molar-refractivity contribution in [2.45, 2.75) is 26.2 Å². The Labute approximate surface area is 175 Å². The maximum atomic E-state index is 13.7. The molecule has 0 spiro atoms. The molecule has 6 aliphatic rings. The third-order valence-corrected chi connectivity index (χ3v) is 10.2. The molecule has 4 heteroatoms. The van der Waals surface area contributed by atoms with Crippen LogP contribution in [0.3, 0.4) is 0 Å². The van der Waals surface area contributed by atoms with Gasteiger partial charge in [0.15, 0.2) is 5.78 Å². The van der Waals surface area contributed by atoms with E-state index in [4.69, 9.17) is 1.37 Å². The van der Waals surface area contributed by atoms with Crippen molar-refractivity contribution in [2.24, 2.45) is 41.4 Å². The van der Waals surface area contributed by atoms with Gasteiger partial charge in [0.25, 0.3) is 0 Å². The molecule has 6 saturated carbocycles. The number of thioether (sulfide) groups is 2. The molecule has 0 amide bonds. The summed E-state index contributed by atoms with van der Waals surface area (Å²) in [6.45, 7) is 0. The molecule has 10 atom stereocenters. The Hall–Kier alpha value is -1.52. The van der Waals surface area contributed by atoms with Gasteiger partial charge in [0.05, 0.1) is 10.00 Å². The average molecular weight is 407 g/mol. The fourth-order valence-corrected chi connectivity index (χ4v) is 9.27. The third kappa shape index (κ3) is 1.94. The van der Waals surface area contributed by atoms with E-state index in [1.807, 2.05) is 60.7 Å². The summed E-state index contributed by atoms with van der Waals surface area (Å²) in [7, 11) is 0. The standard InChI is InChI=1S/C24H20O2S2/c25-21-15-11-14(15)19(22(21)27-12-7-3-1-4-8-12)24(28-13-9-5-2-6-10-13)20-16-17(20)18(16)23(24)26/h1-10,14-20,22H,11H2/t14-,15+,16-,17+,18?,19+,20?,22-,24-/m0/s1/i11D,14D/t11-,14-,15+,16-,17+,18?,19+,20?,22-,24-. The summed E-state index contributed by atoms with van der Waals surface area (Å²) >= 11 is 3.12. The van der Waals surface area contributed by atoms with E-state index in [-0.39, 0.29) is 23.4 Å². The molecular formula is C24H20O2S2. The summed E-state index contributed by atoms with van der Waals surface area (Å²) in [6, 6.07) is 19.8. The van der Waals surface area contributed by atoms with Crippen LogP contribution in [0.1, 0.15) is 9.14 Å². The smallest absolute Gasteiger partial charge is 0.153 e. The van der Waals surface area contributed by atoms with Gasteiger partial charge in [0.1, 0.15) is 5.78 Å². The van der Waals surface area contributed by atoms with E-state index in [2.05, 4.69) is 0 Å². The lowest BCUT2D eigenvalue weighted by Crippen LogP contribution is -2.46. The predicted octanol–water partition coefficient (Wildman–Crippen LogP) is 4.59. The molecule has 0 aromatic heterocycles. The molecule has 0 heterocycles. The summed E-state index contributed by atoms with van der Waals surface area (Å²) in [5.74, 6) is -0.426. The second kappa shape index (κ2) is 5.34.